The third-order valence-electron chi connectivity index (χ3n) is 2.10. The van der Waals surface area contributed by atoms with Gasteiger partial charge in [0.2, 0.25) is 6.08 Å². The highest BCUT2D eigenvalue weighted by Crippen LogP contribution is 2.15. The Morgan fingerprint density at radius 3 is 2.62 bits per heavy atom. The molecule has 0 aliphatic rings. The van der Waals surface area contributed by atoms with Crippen LogP contribution in [0.2, 0.25) is 5.15 Å². The van der Waals surface area contributed by atoms with Crippen molar-refractivity contribution in [2.45, 2.75) is 6.54 Å². The quantitative estimate of drug-likeness (QED) is 0.604. The number of aliphatic imine (C=N–C) groups is 1. The van der Waals surface area contributed by atoms with E-state index in [4.69, 9.17) is 11.6 Å². The first-order valence-corrected chi connectivity index (χ1v) is 5.01. The number of hydrogen-bond acceptors (Lipinski definition) is 3. The van der Waals surface area contributed by atoms with Gasteiger partial charge in [-0.15, -0.1) is 0 Å². The second-order valence-corrected chi connectivity index (χ2v) is 3.53. The van der Waals surface area contributed by atoms with E-state index in [1.54, 1.807) is 16.9 Å². The van der Waals surface area contributed by atoms with Crippen molar-refractivity contribution in [1.82, 2.24) is 9.78 Å². The molecule has 0 aliphatic heterocycles. The van der Waals surface area contributed by atoms with Crippen molar-refractivity contribution in [2.75, 3.05) is 0 Å². The lowest BCUT2D eigenvalue weighted by molar-refractivity contribution is 0.563. The minimum atomic E-state index is 0.344. The fraction of sp³-hybridized carbons (Fsp3) is 0.0909. The van der Waals surface area contributed by atoms with Gasteiger partial charge in [0.15, 0.2) is 0 Å². The zero-order chi connectivity index (χ0) is 11.4. The van der Waals surface area contributed by atoms with Crippen LogP contribution in [0.4, 0.5) is 0 Å². The van der Waals surface area contributed by atoms with Gasteiger partial charge in [-0.05, 0) is 23.8 Å². The monoisotopic (exact) mass is 233 g/mol. The van der Waals surface area contributed by atoms with Gasteiger partial charge in [-0.2, -0.15) is 5.10 Å². The number of nitrogens with zero attached hydrogens (tertiary/aromatic N) is 3. The number of aromatic nitrogens is 2. The molecule has 80 valence electrons. The maximum absolute atomic E-state index is 9.95. The normalized spacial score (nSPS) is 9.81. The Morgan fingerprint density at radius 2 is 2.06 bits per heavy atom. The summed E-state index contributed by atoms with van der Waals surface area (Å²) in [7, 11) is 0. The lowest BCUT2D eigenvalue weighted by atomic mass is 10.2. The van der Waals surface area contributed by atoms with Gasteiger partial charge in [-0.25, -0.2) is 14.5 Å². The highest BCUT2D eigenvalue weighted by Gasteiger charge is 2.01. The van der Waals surface area contributed by atoms with Crippen molar-refractivity contribution >= 4 is 17.7 Å². The third-order valence-corrected chi connectivity index (χ3v) is 2.39. The summed E-state index contributed by atoms with van der Waals surface area (Å²) in [6, 6.07) is 9.19. The molecule has 2 aromatic rings. The Bertz CT molecular complexity index is 526. The highest BCUT2D eigenvalue weighted by atomic mass is 35.5. The summed E-state index contributed by atoms with van der Waals surface area (Å²) in [5.74, 6) is 0. The molecule has 0 saturated carbocycles. The molecule has 0 spiro atoms. The Labute approximate surface area is 97.2 Å². The summed E-state index contributed by atoms with van der Waals surface area (Å²) in [5, 5.41) is 4.63. The van der Waals surface area contributed by atoms with E-state index < -0.39 is 0 Å². The first-order valence-electron chi connectivity index (χ1n) is 4.64. The molecule has 0 N–H and O–H groups in total. The topological polar surface area (TPSA) is 47.2 Å². The van der Waals surface area contributed by atoms with Crippen LogP contribution in [0.15, 0.2) is 41.5 Å². The van der Waals surface area contributed by atoms with Gasteiger partial charge in [0.25, 0.3) is 0 Å². The molecule has 0 unspecified atom stereocenters. The summed E-state index contributed by atoms with van der Waals surface area (Å²) in [6.07, 6.45) is 3.14. The minimum Gasteiger partial charge on any atom is -0.222 e. The van der Waals surface area contributed by atoms with E-state index >= 15 is 0 Å². The summed E-state index contributed by atoms with van der Waals surface area (Å²) in [6.45, 7) is 0.344. The second kappa shape index (κ2) is 4.75. The molecule has 0 atom stereocenters. The number of rotatable bonds is 3. The van der Waals surface area contributed by atoms with Crippen molar-refractivity contribution in [3.63, 3.8) is 0 Å². The molecular formula is C11H8ClN3O. The molecule has 0 aliphatic carbocycles. The number of halogens is 1. The Balaban J connectivity index is 2.26. The van der Waals surface area contributed by atoms with Gasteiger partial charge < -0.3 is 0 Å². The molecule has 1 heterocycles. The van der Waals surface area contributed by atoms with E-state index in [0.717, 1.165) is 11.3 Å². The Hall–Kier alpha value is -1.90. The molecule has 1 aromatic carbocycles. The number of carbonyl (C=O) groups excluding carboxylic acids is 1. The van der Waals surface area contributed by atoms with Gasteiger partial charge in [-0.3, -0.25) is 0 Å². The van der Waals surface area contributed by atoms with E-state index in [9.17, 15) is 4.79 Å². The highest BCUT2D eigenvalue weighted by molar-refractivity contribution is 6.29. The molecule has 2 rings (SSSR count). The average molecular weight is 234 g/mol. The van der Waals surface area contributed by atoms with Crippen LogP contribution in [-0.2, 0) is 11.3 Å². The van der Waals surface area contributed by atoms with E-state index in [0.29, 0.717) is 11.7 Å². The van der Waals surface area contributed by atoms with E-state index in [2.05, 4.69) is 10.1 Å². The second-order valence-electron chi connectivity index (χ2n) is 3.14. The Kier molecular flexibility index (Phi) is 3.15. The summed E-state index contributed by atoms with van der Waals surface area (Å²) in [5.41, 5.74) is 1.81. The predicted molar refractivity (Wildman–Crippen MR) is 60.4 cm³/mol. The van der Waals surface area contributed by atoms with Gasteiger partial charge in [0, 0.05) is 0 Å². The van der Waals surface area contributed by atoms with Gasteiger partial charge >= 0.3 is 0 Å². The lowest BCUT2D eigenvalue weighted by Gasteiger charge is -2.03. The van der Waals surface area contributed by atoms with Crippen molar-refractivity contribution in [3.05, 3.63) is 47.2 Å². The molecular weight excluding hydrogens is 226 g/mol. The van der Waals surface area contributed by atoms with Crippen LogP contribution in [0, 0.1) is 0 Å². The molecule has 1 aromatic heterocycles. The molecule has 0 amide bonds. The van der Waals surface area contributed by atoms with Crippen LogP contribution in [0.3, 0.4) is 0 Å². The smallest absolute Gasteiger partial charge is 0.222 e. The van der Waals surface area contributed by atoms with E-state index in [1.807, 2.05) is 24.3 Å². The van der Waals surface area contributed by atoms with E-state index in [-0.39, 0.29) is 0 Å². The SMILES string of the molecule is O=C=NCc1ccc(-n2nccc2Cl)cc1. The van der Waals surface area contributed by atoms with Gasteiger partial charge in [0.1, 0.15) is 5.15 Å². The zero-order valence-corrected chi connectivity index (χ0v) is 9.05. The zero-order valence-electron chi connectivity index (χ0n) is 8.30. The fourth-order valence-electron chi connectivity index (χ4n) is 1.34. The van der Waals surface area contributed by atoms with Crippen LogP contribution in [-0.4, -0.2) is 15.9 Å². The van der Waals surface area contributed by atoms with Crippen LogP contribution in [0.25, 0.3) is 5.69 Å². The average Bonchev–Trinajstić information content (AvgIpc) is 2.74. The van der Waals surface area contributed by atoms with Crippen molar-refractivity contribution in [1.29, 1.82) is 0 Å². The first kappa shape index (κ1) is 10.6. The van der Waals surface area contributed by atoms with E-state index in [1.165, 1.54) is 6.08 Å². The molecule has 0 radical (unpaired) electrons. The number of hydrogen-bond donors (Lipinski definition) is 0. The molecule has 5 heteroatoms. The summed E-state index contributed by atoms with van der Waals surface area (Å²) < 4.78 is 1.62. The maximum atomic E-state index is 9.95. The molecule has 0 bridgehead atoms. The van der Waals surface area contributed by atoms with Crippen LogP contribution in [0.5, 0.6) is 0 Å². The minimum absolute atomic E-state index is 0.344. The number of isocyanates is 1. The van der Waals surface area contributed by atoms with Crippen LogP contribution in [0.1, 0.15) is 5.56 Å². The first-order chi connectivity index (χ1) is 7.81. The molecule has 4 nitrogen and oxygen atoms in total. The van der Waals surface area contributed by atoms with Crippen molar-refractivity contribution < 1.29 is 4.79 Å². The van der Waals surface area contributed by atoms with Crippen LogP contribution < -0.4 is 0 Å². The maximum Gasteiger partial charge on any atom is 0.235 e. The van der Waals surface area contributed by atoms with Crippen molar-refractivity contribution in [2.24, 2.45) is 4.99 Å². The fourth-order valence-corrected chi connectivity index (χ4v) is 1.54. The number of benzene rings is 1. The predicted octanol–water partition coefficient (Wildman–Crippen LogP) is 2.36. The largest absolute Gasteiger partial charge is 0.235 e. The molecule has 0 saturated heterocycles. The molecule has 0 fully saturated rings. The lowest BCUT2D eigenvalue weighted by Crippen LogP contribution is -1.96. The Morgan fingerprint density at radius 1 is 1.31 bits per heavy atom. The third kappa shape index (κ3) is 2.19. The standard InChI is InChI=1S/C11H8ClN3O/c12-11-5-6-14-15(11)10-3-1-9(2-4-10)7-13-8-16/h1-6H,7H2. The van der Waals surface area contributed by atoms with Gasteiger partial charge in [0.05, 0.1) is 18.4 Å². The summed E-state index contributed by atoms with van der Waals surface area (Å²) >= 11 is 5.93. The van der Waals surface area contributed by atoms with Gasteiger partial charge in [-0.1, -0.05) is 23.7 Å². The summed E-state index contributed by atoms with van der Waals surface area (Å²) in [4.78, 5) is 13.5. The van der Waals surface area contributed by atoms with Crippen LogP contribution >= 0.6 is 11.6 Å². The molecule has 16 heavy (non-hydrogen) atoms. The van der Waals surface area contributed by atoms with Crippen molar-refractivity contribution in [3.8, 4) is 5.69 Å².